The lowest BCUT2D eigenvalue weighted by Gasteiger charge is -2.16. The van der Waals surface area contributed by atoms with Crippen LogP contribution in [-0.2, 0) is 0 Å². The third kappa shape index (κ3) is 4.89. The fourth-order valence-corrected chi connectivity index (χ4v) is 9.67. The number of hydrogen-bond acceptors (Lipinski definition) is 5. The van der Waals surface area contributed by atoms with Crippen LogP contribution in [0.3, 0.4) is 0 Å². The normalized spacial score (nSPS) is 11.9. The minimum Gasteiger partial charge on any atom is -0.309 e. The lowest BCUT2D eigenvalue weighted by Crippen LogP contribution is -2.07. The molecular formula is C50H30N6S. The van der Waals surface area contributed by atoms with Gasteiger partial charge in [-0.25, -0.2) is 4.98 Å². The molecule has 6 nitrogen and oxygen atoms in total. The molecule has 7 aromatic carbocycles. The first kappa shape index (κ1) is 31.8. The summed E-state index contributed by atoms with van der Waals surface area (Å²) >= 11 is 1.76. The van der Waals surface area contributed by atoms with E-state index in [-0.39, 0.29) is 0 Å². The van der Waals surface area contributed by atoms with Crippen LogP contribution in [0, 0.1) is 0 Å². The zero-order valence-electron chi connectivity index (χ0n) is 30.4. The van der Waals surface area contributed by atoms with Crippen LogP contribution in [0.25, 0.3) is 109 Å². The third-order valence-electron chi connectivity index (χ3n) is 11.1. The van der Waals surface area contributed by atoms with E-state index in [4.69, 9.17) is 15.0 Å². The molecule has 0 saturated heterocycles. The van der Waals surface area contributed by atoms with Gasteiger partial charge in [0.15, 0.2) is 11.6 Å². The molecule has 0 spiro atoms. The van der Waals surface area contributed by atoms with Crippen molar-refractivity contribution in [1.82, 2.24) is 29.1 Å². The number of aromatic nitrogens is 6. The van der Waals surface area contributed by atoms with Gasteiger partial charge in [0.1, 0.15) is 0 Å². The SMILES string of the molecule is c1ccc(-c2nc(-c3ccc(-n4c5ccccc5c5ccccc54)c(-c4ccccc4)c3)nc(-n3c4ccccc4c4ccc5sc6cnccc6c5c43)n2)cc1. The van der Waals surface area contributed by atoms with Crippen LogP contribution in [-0.4, -0.2) is 29.1 Å². The molecule has 0 saturated carbocycles. The van der Waals surface area contributed by atoms with Crippen LogP contribution in [0.1, 0.15) is 0 Å². The van der Waals surface area contributed by atoms with E-state index in [9.17, 15) is 0 Å². The summed E-state index contributed by atoms with van der Waals surface area (Å²) in [6, 6.07) is 59.8. The Kier molecular flexibility index (Phi) is 7.00. The predicted molar refractivity (Wildman–Crippen MR) is 235 cm³/mol. The Morgan fingerprint density at radius 3 is 1.72 bits per heavy atom. The van der Waals surface area contributed by atoms with Crippen LogP contribution in [0.15, 0.2) is 182 Å². The van der Waals surface area contributed by atoms with Gasteiger partial charge >= 0.3 is 0 Å². The van der Waals surface area contributed by atoms with Gasteiger partial charge in [-0.2, -0.15) is 9.97 Å². The monoisotopic (exact) mass is 746 g/mol. The number of benzene rings is 7. The van der Waals surface area contributed by atoms with Crippen molar-refractivity contribution in [2.24, 2.45) is 0 Å². The average Bonchev–Trinajstić information content (AvgIpc) is 3.94. The first-order valence-electron chi connectivity index (χ1n) is 19.0. The number of nitrogens with zero attached hydrogens (tertiary/aromatic N) is 6. The van der Waals surface area contributed by atoms with Gasteiger partial charge in [0.2, 0.25) is 5.95 Å². The third-order valence-corrected chi connectivity index (χ3v) is 12.2. The van der Waals surface area contributed by atoms with Gasteiger partial charge in [0.05, 0.1) is 32.5 Å². The Balaban J connectivity index is 1.16. The summed E-state index contributed by atoms with van der Waals surface area (Å²) in [5.41, 5.74) is 9.53. The molecule has 7 heteroatoms. The van der Waals surface area contributed by atoms with Crippen LogP contribution in [0.5, 0.6) is 0 Å². The van der Waals surface area contributed by atoms with E-state index in [0.29, 0.717) is 17.6 Å². The van der Waals surface area contributed by atoms with E-state index in [1.54, 1.807) is 11.3 Å². The predicted octanol–water partition coefficient (Wildman–Crippen LogP) is 12.8. The molecule has 266 valence electrons. The summed E-state index contributed by atoms with van der Waals surface area (Å²) < 4.78 is 6.96. The lowest BCUT2D eigenvalue weighted by atomic mass is 10.00. The second-order valence-electron chi connectivity index (χ2n) is 14.3. The van der Waals surface area contributed by atoms with E-state index in [0.717, 1.165) is 65.5 Å². The molecule has 0 N–H and O–H groups in total. The molecule has 0 aliphatic carbocycles. The largest absolute Gasteiger partial charge is 0.309 e. The van der Waals surface area contributed by atoms with Gasteiger partial charge in [-0.05, 0) is 54.1 Å². The molecule has 0 amide bonds. The summed E-state index contributed by atoms with van der Waals surface area (Å²) in [4.78, 5) is 20.3. The quantitative estimate of drug-likeness (QED) is 0.176. The Morgan fingerprint density at radius 1 is 0.421 bits per heavy atom. The molecule has 5 heterocycles. The standard InChI is InChI=1S/C50H30N6S/c1-3-13-31(14-4-1)39-29-33(23-25-43(39)55-40-20-10-7-17-34(40)35-18-8-11-21-41(35)55)49-52-48(32-15-5-2-6-16-32)53-50(54-49)56-42-22-12-9-19-36(42)37-24-26-44-46(47(37)56)38-27-28-51-30-45(38)57-44/h1-30H. The maximum atomic E-state index is 5.40. The van der Waals surface area contributed by atoms with Crippen molar-refractivity contribution < 1.29 is 0 Å². The molecule has 0 unspecified atom stereocenters. The van der Waals surface area contributed by atoms with Gasteiger partial charge < -0.3 is 4.57 Å². The van der Waals surface area contributed by atoms with Gasteiger partial charge in [-0.3, -0.25) is 9.55 Å². The minimum absolute atomic E-state index is 0.568. The number of para-hydroxylation sites is 3. The lowest BCUT2D eigenvalue weighted by molar-refractivity contribution is 0.955. The molecule has 57 heavy (non-hydrogen) atoms. The molecule has 12 aromatic rings. The van der Waals surface area contributed by atoms with Crippen molar-refractivity contribution in [3.8, 4) is 45.5 Å². The van der Waals surface area contributed by atoms with Gasteiger partial charge in [0.25, 0.3) is 0 Å². The highest BCUT2D eigenvalue weighted by Crippen LogP contribution is 2.43. The highest BCUT2D eigenvalue weighted by Gasteiger charge is 2.22. The van der Waals surface area contributed by atoms with Crippen molar-refractivity contribution in [1.29, 1.82) is 0 Å². The Morgan fingerprint density at radius 2 is 1.02 bits per heavy atom. The Bertz CT molecular complexity index is 3470. The zero-order valence-corrected chi connectivity index (χ0v) is 31.2. The molecule has 0 bridgehead atoms. The highest BCUT2D eigenvalue weighted by molar-refractivity contribution is 7.26. The summed E-state index contributed by atoms with van der Waals surface area (Å²) in [6.07, 6.45) is 3.84. The van der Waals surface area contributed by atoms with Crippen molar-refractivity contribution in [2.45, 2.75) is 0 Å². The van der Waals surface area contributed by atoms with E-state index < -0.39 is 0 Å². The van der Waals surface area contributed by atoms with Crippen LogP contribution in [0.4, 0.5) is 0 Å². The van der Waals surface area contributed by atoms with Crippen LogP contribution < -0.4 is 0 Å². The molecule has 5 aromatic heterocycles. The smallest absolute Gasteiger partial charge is 0.238 e. The molecule has 12 rings (SSSR count). The van der Waals surface area contributed by atoms with Crippen molar-refractivity contribution >= 4 is 75.1 Å². The van der Waals surface area contributed by atoms with E-state index >= 15 is 0 Å². The second kappa shape index (κ2) is 12.5. The maximum absolute atomic E-state index is 5.40. The maximum Gasteiger partial charge on any atom is 0.238 e. The van der Waals surface area contributed by atoms with E-state index in [1.165, 1.54) is 26.2 Å². The van der Waals surface area contributed by atoms with Gasteiger partial charge in [0, 0.05) is 66.1 Å². The Hall–Kier alpha value is -7.48. The van der Waals surface area contributed by atoms with Gasteiger partial charge in [-0.1, -0.05) is 121 Å². The first-order chi connectivity index (χ1) is 28.3. The summed E-state index contributed by atoms with van der Waals surface area (Å²) in [5.74, 6) is 1.78. The second-order valence-corrected chi connectivity index (χ2v) is 15.4. The van der Waals surface area contributed by atoms with E-state index in [1.807, 2.05) is 30.6 Å². The fourth-order valence-electron chi connectivity index (χ4n) is 8.59. The number of fused-ring (bicyclic) bond motifs is 10. The van der Waals surface area contributed by atoms with Crippen molar-refractivity contribution in [3.05, 3.63) is 182 Å². The first-order valence-corrected chi connectivity index (χ1v) is 19.8. The fraction of sp³-hybridized carbons (Fsp3) is 0. The molecule has 0 aliphatic rings. The summed E-state index contributed by atoms with van der Waals surface area (Å²) in [7, 11) is 0. The minimum atomic E-state index is 0.568. The highest BCUT2D eigenvalue weighted by atomic mass is 32.1. The molecule has 0 radical (unpaired) electrons. The number of thiophene rings is 1. The van der Waals surface area contributed by atoms with E-state index in [2.05, 4.69) is 166 Å². The topological polar surface area (TPSA) is 61.4 Å². The van der Waals surface area contributed by atoms with Gasteiger partial charge in [-0.15, -0.1) is 11.3 Å². The van der Waals surface area contributed by atoms with Crippen molar-refractivity contribution in [2.75, 3.05) is 0 Å². The summed E-state index contributed by atoms with van der Waals surface area (Å²) in [6.45, 7) is 0. The van der Waals surface area contributed by atoms with Crippen molar-refractivity contribution in [3.63, 3.8) is 0 Å². The zero-order chi connectivity index (χ0) is 37.5. The number of hydrogen-bond donors (Lipinski definition) is 0. The number of rotatable bonds is 5. The molecule has 0 aliphatic heterocycles. The average molecular weight is 747 g/mol. The molecule has 0 fully saturated rings. The molecule has 0 atom stereocenters. The molecular weight excluding hydrogens is 717 g/mol. The van der Waals surface area contributed by atoms with Crippen LogP contribution >= 0.6 is 11.3 Å². The number of pyridine rings is 1. The Labute approximate surface area is 330 Å². The van der Waals surface area contributed by atoms with Crippen LogP contribution in [0.2, 0.25) is 0 Å². The summed E-state index contributed by atoms with van der Waals surface area (Å²) in [5, 5.41) is 7.09.